The van der Waals surface area contributed by atoms with Crippen LogP contribution in [0.2, 0.25) is 0 Å². The summed E-state index contributed by atoms with van der Waals surface area (Å²) < 4.78 is 5.80. The van der Waals surface area contributed by atoms with Gasteiger partial charge in [0.25, 0.3) is 0 Å². The second-order valence-corrected chi connectivity index (χ2v) is 4.70. The maximum atomic E-state index is 4.55. The van der Waals surface area contributed by atoms with E-state index >= 15 is 0 Å². The van der Waals surface area contributed by atoms with Crippen molar-refractivity contribution in [1.82, 2.24) is 4.37 Å². The van der Waals surface area contributed by atoms with E-state index in [4.69, 9.17) is 0 Å². The molecule has 78 valence electrons. The van der Waals surface area contributed by atoms with E-state index in [1.54, 1.807) is 11.5 Å². The van der Waals surface area contributed by atoms with Gasteiger partial charge in [-0.2, -0.15) is 4.37 Å². The van der Waals surface area contributed by atoms with Gasteiger partial charge in [0, 0.05) is 10.9 Å². The Morgan fingerprint density at radius 1 is 1.00 bits per heavy atom. The molecule has 1 heterocycles. The van der Waals surface area contributed by atoms with E-state index in [0.717, 1.165) is 5.69 Å². The van der Waals surface area contributed by atoms with Crippen LogP contribution in [0.5, 0.6) is 0 Å². The normalized spacial score (nSPS) is 10.8. The van der Waals surface area contributed by atoms with Crippen LogP contribution in [0.15, 0.2) is 48.5 Å². The molecule has 0 aliphatic rings. The van der Waals surface area contributed by atoms with Gasteiger partial charge < -0.3 is 0 Å². The standard InChI is InChI=1S/C14H11NS/c1-10-5-4-6-11(9-10)14-12-7-2-3-8-13(12)16-15-14/h2-9H,1H3. The fraction of sp³-hybridized carbons (Fsp3) is 0.0714. The van der Waals surface area contributed by atoms with Gasteiger partial charge in [0.05, 0.1) is 10.4 Å². The van der Waals surface area contributed by atoms with Crippen LogP contribution in [0, 0.1) is 6.92 Å². The number of fused-ring (bicyclic) bond motifs is 1. The van der Waals surface area contributed by atoms with Crippen LogP contribution in [0.3, 0.4) is 0 Å². The van der Waals surface area contributed by atoms with E-state index in [2.05, 4.69) is 59.8 Å². The lowest BCUT2D eigenvalue weighted by atomic mass is 10.1. The molecule has 1 aromatic heterocycles. The predicted octanol–water partition coefficient (Wildman–Crippen LogP) is 4.27. The fourth-order valence-corrected chi connectivity index (χ4v) is 2.68. The molecule has 0 radical (unpaired) electrons. The van der Waals surface area contributed by atoms with Gasteiger partial charge in [-0.15, -0.1) is 0 Å². The van der Waals surface area contributed by atoms with Crippen molar-refractivity contribution in [2.75, 3.05) is 0 Å². The molecule has 0 fully saturated rings. The molecule has 0 saturated heterocycles. The summed E-state index contributed by atoms with van der Waals surface area (Å²) in [6, 6.07) is 16.9. The zero-order valence-corrected chi connectivity index (χ0v) is 9.79. The summed E-state index contributed by atoms with van der Waals surface area (Å²) in [6.07, 6.45) is 0. The number of hydrogen-bond acceptors (Lipinski definition) is 2. The number of benzene rings is 2. The molecule has 16 heavy (non-hydrogen) atoms. The highest BCUT2D eigenvalue weighted by atomic mass is 32.1. The molecule has 0 atom stereocenters. The van der Waals surface area contributed by atoms with Gasteiger partial charge >= 0.3 is 0 Å². The Kier molecular flexibility index (Phi) is 2.22. The molecule has 0 aliphatic carbocycles. The zero-order chi connectivity index (χ0) is 11.0. The van der Waals surface area contributed by atoms with Gasteiger partial charge in [-0.05, 0) is 30.6 Å². The predicted molar refractivity (Wildman–Crippen MR) is 69.8 cm³/mol. The first-order valence-electron chi connectivity index (χ1n) is 5.26. The molecule has 0 unspecified atom stereocenters. The van der Waals surface area contributed by atoms with Crippen molar-refractivity contribution in [3.63, 3.8) is 0 Å². The Morgan fingerprint density at radius 3 is 2.75 bits per heavy atom. The number of nitrogens with zero attached hydrogens (tertiary/aromatic N) is 1. The molecule has 0 spiro atoms. The Labute approximate surface area is 98.5 Å². The highest BCUT2D eigenvalue weighted by Gasteiger charge is 2.07. The van der Waals surface area contributed by atoms with E-state index in [-0.39, 0.29) is 0 Å². The maximum Gasteiger partial charge on any atom is 0.0919 e. The summed E-state index contributed by atoms with van der Waals surface area (Å²) in [6.45, 7) is 2.11. The number of rotatable bonds is 1. The van der Waals surface area contributed by atoms with Crippen LogP contribution < -0.4 is 0 Å². The maximum absolute atomic E-state index is 4.55. The van der Waals surface area contributed by atoms with E-state index < -0.39 is 0 Å². The van der Waals surface area contributed by atoms with Crippen LogP contribution in [0.4, 0.5) is 0 Å². The average Bonchev–Trinajstić information content (AvgIpc) is 2.72. The molecule has 0 aliphatic heterocycles. The van der Waals surface area contributed by atoms with Crippen LogP contribution >= 0.6 is 11.5 Å². The van der Waals surface area contributed by atoms with Gasteiger partial charge in [-0.1, -0.05) is 42.0 Å². The smallest absolute Gasteiger partial charge is 0.0919 e. The van der Waals surface area contributed by atoms with Crippen molar-refractivity contribution in [3.8, 4) is 11.3 Å². The SMILES string of the molecule is Cc1cccc(-c2nsc3ccccc23)c1. The second-order valence-electron chi connectivity index (χ2n) is 3.90. The third-order valence-electron chi connectivity index (χ3n) is 2.67. The van der Waals surface area contributed by atoms with Gasteiger partial charge in [-0.3, -0.25) is 0 Å². The topological polar surface area (TPSA) is 12.9 Å². The largest absolute Gasteiger partial charge is 0.191 e. The van der Waals surface area contributed by atoms with Crippen LogP contribution in [0.25, 0.3) is 21.3 Å². The number of hydrogen-bond donors (Lipinski definition) is 0. The van der Waals surface area contributed by atoms with E-state index in [9.17, 15) is 0 Å². The summed E-state index contributed by atoms with van der Waals surface area (Å²) in [5.74, 6) is 0. The molecule has 2 aromatic carbocycles. The van der Waals surface area contributed by atoms with Gasteiger partial charge in [0.2, 0.25) is 0 Å². The molecular weight excluding hydrogens is 214 g/mol. The Hall–Kier alpha value is -1.67. The summed E-state index contributed by atoms with van der Waals surface area (Å²) in [5.41, 5.74) is 3.58. The Bertz CT molecular complexity index is 640. The number of aromatic nitrogens is 1. The molecule has 3 rings (SSSR count). The van der Waals surface area contributed by atoms with Crippen molar-refractivity contribution >= 4 is 21.6 Å². The molecule has 0 N–H and O–H groups in total. The third kappa shape index (κ3) is 1.51. The molecule has 3 aromatic rings. The summed E-state index contributed by atoms with van der Waals surface area (Å²) in [7, 11) is 0. The summed E-state index contributed by atoms with van der Waals surface area (Å²) in [4.78, 5) is 0. The first-order valence-corrected chi connectivity index (χ1v) is 6.03. The zero-order valence-electron chi connectivity index (χ0n) is 8.97. The lowest BCUT2D eigenvalue weighted by molar-refractivity contribution is 1.45. The Balaban J connectivity index is 2.26. The van der Waals surface area contributed by atoms with Gasteiger partial charge in [0.1, 0.15) is 0 Å². The molecule has 0 bridgehead atoms. The van der Waals surface area contributed by atoms with Crippen molar-refractivity contribution < 1.29 is 0 Å². The van der Waals surface area contributed by atoms with Crippen molar-refractivity contribution in [2.24, 2.45) is 0 Å². The molecular formula is C14H11NS. The minimum atomic E-state index is 1.10. The van der Waals surface area contributed by atoms with Crippen LogP contribution in [0.1, 0.15) is 5.56 Å². The minimum Gasteiger partial charge on any atom is -0.191 e. The molecule has 1 nitrogen and oxygen atoms in total. The van der Waals surface area contributed by atoms with E-state index in [1.807, 2.05) is 0 Å². The molecule has 2 heteroatoms. The lowest BCUT2D eigenvalue weighted by Crippen LogP contribution is -1.79. The highest BCUT2D eigenvalue weighted by molar-refractivity contribution is 7.13. The third-order valence-corrected chi connectivity index (χ3v) is 3.50. The molecule has 0 saturated carbocycles. The number of aryl methyl sites for hydroxylation is 1. The summed E-state index contributed by atoms with van der Waals surface area (Å²) in [5, 5.41) is 1.25. The Morgan fingerprint density at radius 2 is 1.88 bits per heavy atom. The van der Waals surface area contributed by atoms with Crippen LogP contribution in [-0.4, -0.2) is 4.37 Å². The fourth-order valence-electron chi connectivity index (χ4n) is 1.89. The van der Waals surface area contributed by atoms with Crippen molar-refractivity contribution in [3.05, 3.63) is 54.1 Å². The highest BCUT2D eigenvalue weighted by Crippen LogP contribution is 2.30. The van der Waals surface area contributed by atoms with E-state index in [0.29, 0.717) is 0 Å². The van der Waals surface area contributed by atoms with Crippen molar-refractivity contribution in [1.29, 1.82) is 0 Å². The molecule has 0 amide bonds. The van der Waals surface area contributed by atoms with Crippen molar-refractivity contribution in [2.45, 2.75) is 6.92 Å². The monoisotopic (exact) mass is 225 g/mol. The first kappa shape index (κ1) is 9.55. The lowest BCUT2D eigenvalue weighted by Gasteiger charge is -1.99. The quantitative estimate of drug-likeness (QED) is 0.602. The minimum absolute atomic E-state index is 1.10. The van der Waals surface area contributed by atoms with Gasteiger partial charge in [-0.25, -0.2) is 0 Å². The van der Waals surface area contributed by atoms with E-state index in [1.165, 1.54) is 21.2 Å². The van der Waals surface area contributed by atoms with Gasteiger partial charge in [0.15, 0.2) is 0 Å². The first-order chi connectivity index (χ1) is 7.84. The second kappa shape index (κ2) is 3.72. The summed E-state index contributed by atoms with van der Waals surface area (Å²) >= 11 is 1.56. The average molecular weight is 225 g/mol. The van der Waals surface area contributed by atoms with Crippen LogP contribution in [-0.2, 0) is 0 Å².